The summed E-state index contributed by atoms with van der Waals surface area (Å²) in [5.74, 6) is -2.70. The van der Waals surface area contributed by atoms with Gasteiger partial charge in [0.1, 0.15) is 6.61 Å². The monoisotopic (exact) mass is 332 g/mol. The minimum atomic E-state index is -2.70. The van der Waals surface area contributed by atoms with Gasteiger partial charge in [-0.25, -0.2) is 8.78 Å². The Balaban J connectivity index is 2.35. The number of alkyl halides is 3. The highest BCUT2D eigenvalue weighted by atomic mass is 127. The molecule has 1 aliphatic carbocycles. The molecule has 4 heteroatoms. The molecule has 90 valence electrons. The van der Waals surface area contributed by atoms with Gasteiger partial charge in [-0.2, -0.15) is 0 Å². The molecule has 0 aromatic rings. The first-order valence-electron chi connectivity index (χ1n) is 5.62. The normalized spacial score (nSPS) is 29.6. The molecule has 15 heavy (non-hydrogen) atoms. The Morgan fingerprint density at radius 3 is 2.40 bits per heavy atom. The van der Waals surface area contributed by atoms with Crippen molar-refractivity contribution in [3.8, 4) is 0 Å². The minimum absolute atomic E-state index is 0.0247. The summed E-state index contributed by atoms with van der Waals surface area (Å²) in [5.41, 5.74) is 0. The summed E-state index contributed by atoms with van der Waals surface area (Å²) in [4.78, 5) is 0. The second-order valence-electron chi connectivity index (χ2n) is 4.43. The number of rotatable bonds is 3. The Kier molecular flexibility index (Phi) is 5.74. The van der Waals surface area contributed by atoms with E-state index in [4.69, 9.17) is 4.74 Å². The van der Waals surface area contributed by atoms with Crippen LogP contribution in [0.2, 0.25) is 0 Å². The van der Waals surface area contributed by atoms with Crippen LogP contribution in [0.3, 0.4) is 0 Å². The van der Waals surface area contributed by atoms with Gasteiger partial charge in [0.25, 0.3) is 5.92 Å². The van der Waals surface area contributed by atoms with Gasteiger partial charge in [-0.1, -0.05) is 48.3 Å². The molecule has 1 saturated carbocycles. The molecule has 0 amide bonds. The molecule has 1 fully saturated rings. The Morgan fingerprint density at radius 2 is 1.80 bits per heavy atom. The molecule has 1 nitrogen and oxygen atoms in total. The zero-order chi connectivity index (χ0) is 11.3. The fourth-order valence-corrected chi connectivity index (χ4v) is 2.85. The second-order valence-corrected chi connectivity index (χ2v) is 6.03. The Bertz CT molecular complexity index is 182. The first-order valence-corrected chi connectivity index (χ1v) is 6.87. The van der Waals surface area contributed by atoms with Crippen molar-refractivity contribution in [2.75, 3.05) is 6.61 Å². The van der Waals surface area contributed by atoms with Crippen molar-refractivity contribution in [1.82, 2.24) is 0 Å². The number of hydrogen-bond donors (Lipinski definition) is 0. The van der Waals surface area contributed by atoms with Gasteiger partial charge in [-0.05, 0) is 12.8 Å². The minimum Gasteiger partial charge on any atom is -0.371 e. The van der Waals surface area contributed by atoms with E-state index in [1.165, 1.54) is 19.3 Å². The van der Waals surface area contributed by atoms with Gasteiger partial charge in [0, 0.05) is 10.8 Å². The Labute approximate surface area is 104 Å². The number of ether oxygens (including phenoxy) is 1. The van der Waals surface area contributed by atoms with Crippen LogP contribution in [0.15, 0.2) is 0 Å². The highest BCUT2D eigenvalue weighted by molar-refractivity contribution is 14.1. The lowest BCUT2D eigenvalue weighted by Gasteiger charge is -2.26. The van der Waals surface area contributed by atoms with Gasteiger partial charge >= 0.3 is 0 Å². The van der Waals surface area contributed by atoms with Gasteiger partial charge in [0.15, 0.2) is 0 Å². The summed E-state index contributed by atoms with van der Waals surface area (Å²) in [6.45, 7) is 0.481. The summed E-state index contributed by atoms with van der Waals surface area (Å²) >= 11 is 2.34. The van der Waals surface area contributed by atoms with Gasteiger partial charge in [-0.15, -0.1) is 0 Å². The summed E-state index contributed by atoms with van der Waals surface area (Å²) in [5, 5.41) is 0. The zero-order valence-electron chi connectivity index (χ0n) is 9.15. The molecule has 0 heterocycles. The predicted octanol–water partition coefficient (Wildman–Crippen LogP) is 4.18. The van der Waals surface area contributed by atoms with E-state index in [0.29, 0.717) is 3.92 Å². The summed E-state index contributed by atoms with van der Waals surface area (Å²) in [7, 11) is 0. The maximum absolute atomic E-state index is 12.7. The van der Waals surface area contributed by atoms with E-state index in [-0.39, 0.29) is 6.10 Å². The fraction of sp³-hybridized carbons (Fsp3) is 1.00. The average Bonchev–Trinajstić information content (AvgIpc) is 2.09. The molecular formula is C11H19F2IO. The van der Waals surface area contributed by atoms with E-state index in [1.807, 2.05) is 0 Å². The Morgan fingerprint density at radius 1 is 1.20 bits per heavy atom. The highest BCUT2D eigenvalue weighted by Crippen LogP contribution is 2.27. The third-order valence-electron chi connectivity index (χ3n) is 2.67. The number of hydrogen-bond acceptors (Lipinski definition) is 1. The molecule has 0 radical (unpaired) electrons. The number of halogens is 3. The smallest absolute Gasteiger partial charge is 0.268 e. The molecule has 1 aliphatic rings. The van der Waals surface area contributed by atoms with Crippen LogP contribution in [0.25, 0.3) is 0 Å². The maximum Gasteiger partial charge on any atom is 0.268 e. The molecule has 0 spiro atoms. The van der Waals surface area contributed by atoms with E-state index >= 15 is 0 Å². The summed E-state index contributed by atoms with van der Waals surface area (Å²) in [6.07, 6.45) is 6.86. The molecule has 0 aliphatic heterocycles. The zero-order valence-corrected chi connectivity index (χ0v) is 11.3. The van der Waals surface area contributed by atoms with Gasteiger partial charge < -0.3 is 4.74 Å². The van der Waals surface area contributed by atoms with Crippen LogP contribution in [-0.4, -0.2) is 22.6 Å². The van der Waals surface area contributed by atoms with Gasteiger partial charge in [-0.3, -0.25) is 0 Å². The molecule has 0 aromatic heterocycles. The van der Waals surface area contributed by atoms with E-state index in [9.17, 15) is 8.78 Å². The molecule has 0 N–H and O–H groups in total. The lowest BCUT2D eigenvalue weighted by molar-refractivity contribution is -0.0892. The molecule has 0 saturated heterocycles. The molecule has 2 atom stereocenters. The van der Waals surface area contributed by atoms with Crippen molar-refractivity contribution in [3.63, 3.8) is 0 Å². The highest BCUT2D eigenvalue weighted by Gasteiger charge is 2.27. The topological polar surface area (TPSA) is 9.23 Å². The maximum atomic E-state index is 12.7. The van der Waals surface area contributed by atoms with E-state index in [2.05, 4.69) is 22.6 Å². The largest absolute Gasteiger partial charge is 0.371 e. The second kappa shape index (κ2) is 6.33. The fourth-order valence-electron chi connectivity index (χ4n) is 1.85. The van der Waals surface area contributed by atoms with Crippen LogP contribution in [0, 0.1) is 0 Å². The van der Waals surface area contributed by atoms with E-state index in [0.717, 1.165) is 26.2 Å². The van der Waals surface area contributed by atoms with E-state index < -0.39 is 12.5 Å². The van der Waals surface area contributed by atoms with Crippen LogP contribution >= 0.6 is 22.6 Å². The third-order valence-corrected chi connectivity index (χ3v) is 4.10. The van der Waals surface area contributed by atoms with Crippen LogP contribution < -0.4 is 0 Å². The SMILES string of the molecule is CC(F)(F)COC1CCCCCCC1I. The third kappa shape index (κ3) is 6.00. The summed E-state index contributed by atoms with van der Waals surface area (Å²) < 4.78 is 31.0. The van der Waals surface area contributed by atoms with Crippen molar-refractivity contribution >= 4 is 22.6 Å². The van der Waals surface area contributed by atoms with Gasteiger partial charge in [0.2, 0.25) is 0 Å². The van der Waals surface area contributed by atoms with Crippen molar-refractivity contribution in [3.05, 3.63) is 0 Å². The molecule has 2 unspecified atom stereocenters. The first-order chi connectivity index (χ1) is 6.99. The molecule has 0 bridgehead atoms. The molecule has 1 rings (SSSR count). The average molecular weight is 332 g/mol. The van der Waals surface area contributed by atoms with Gasteiger partial charge in [0.05, 0.1) is 6.10 Å². The standard InChI is InChI=1S/C11H19F2IO/c1-11(12,13)8-15-10-7-5-3-2-4-6-9(10)14/h9-10H,2-8H2,1H3. The van der Waals surface area contributed by atoms with Crippen LogP contribution in [0.4, 0.5) is 8.78 Å². The van der Waals surface area contributed by atoms with E-state index in [1.54, 1.807) is 0 Å². The van der Waals surface area contributed by atoms with Crippen LogP contribution in [0.1, 0.15) is 45.4 Å². The Hall–Kier alpha value is 0.550. The molecular weight excluding hydrogens is 313 g/mol. The first kappa shape index (κ1) is 13.6. The summed E-state index contributed by atoms with van der Waals surface area (Å²) in [6, 6.07) is 0. The van der Waals surface area contributed by atoms with Crippen molar-refractivity contribution < 1.29 is 13.5 Å². The van der Waals surface area contributed by atoms with Crippen molar-refractivity contribution in [2.24, 2.45) is 0 Å². The van der Waals surface area contributed by atoms with Crippen molar-refractivity contribution in [2.45, 2.75) is 61.4 Å². The van der Waals surface area contributed by atoms with Crippen molar-refractivity contribution in [1.29, 1.82) is 0 Å². The quantitative estimate of drug-likeness (QED) is 0.556. The lowest BCUT2D eigenvalue weighted by atomic mass is 9.98. The van der Waals surface area contributed by atoms with Crippen LogP contribution in [0.5, 0.6) is 0 Å². The molecule has 0 aromatic carbocycles. The van der Waals surface area contributed by atoms with Crippen LogP contribution in [-0.2, 0) is 4.74 Å². The predicted molar refractivity (Wildman–Crippen MR) is 65.9 cm³/mol. The lowest BCUT2D eigenvalue weighted by Crippen LogP contribution is -2.30.